The minimum atomic E-state index is 0.0342. The molecule has 0 amide bonds. The lowest BCUT2D eigenvalue weighted by molar-refractivity contribution is 0.606. The summed E-state index contributed by atoms with van der Waals surface area (Å²) in [5.41, 5.74) is 8.86. The van der Waals surface area contributed by atoms with Gasteiger partial charge in [0.05, 0.1) is 10.6 Å². The van der Waals surface area contributed by atoms with Crippen LogP contribution in [0.15, 0.2) is 24.3 Å². The summed E-state index contributed by atoms with van der Waals surface area (Å²) < 4.78 is 4.46. The Morgan fingerprint density at radius 3 is 2.24 bits per heavy atom. The fraction of sp³-hybridized carbons (Fsp3) is 0.308. The van der Waals surface area contributed by atoms with Crippen LogP contribution in [-0.4, -0.2) is 4.37 Å². The standard InChI is InChI=1S/C13H15ClN2S/c1-13(2,3)12-10(15)11(16-17-12)8-4-6-9(14)7-5-8/h4-7H,15H2,1-3H3. The molecule has 17 heavy (non-hydrogen) atoms. The molecule has 2 N–H and O–H groups in total. The van der Waals surface area contributed by atoms with E-state index in [9.17, 15) is 0 Å². The smallest absolute Gasteiger partial charge is 0.107 e. The average molecular weight is 267 g/mol. The fourth-order valence-electron chi connectivity index (χ4n) is 1.65. The highest BCUT2D eigenvalue weighted by Gasteiger charge is 2.22. The number of hydrogen-bond acceptors (Lipinski definition) is 3. The molecule has 90 valence electrons. The summed E-state index contributed by atoms with van der Waals surface area (Å²) in [4.78, 5) is 1.13. The number of halogens is 1. The van der Waals surface area contributed by atoms with Gasteiger partial charge in [0.15, 0.2) is 0 Å². The van der Waals surface area contributed by atoms with Crippen LogP contribution in [0.1, 0.15) is 25.6 Å². The summed E-state index contributed by atoms with van der Waals surface area (Å²) in [5, 5.41) is 0.721. The number of nitrogens with two attached hydrogens (primary N) is 1. The number of nitrogens with zero attached hydrogens (tertiary/aromatic N) is 1. The van der Waals surface area contributed by atoms with Crippen molar-refractivity contribution < 1.29 is 0 Å². The van der Waals surface area contributed by atoms with Crippen molar-refractivity contribution in [1.29, 1.82) is 0 Å². The fourth-order valence-corrected chi connectivity index (χ4v) is 2.64. The molecular formula is C13H15ClN2S. The molecule has 0 aliphatic rings. The Hall–Kier alpha value is -1.06. The van der Waals surface area contributed by atoms with Crippen LogP contribution in [0.4, 0.5) is 5.69 Å². The molecule has 2 aromatic rings. The van der Waals surface area contributed by atoms with Gasteiger partial charge in [-0.3, -0.25) is 0 Å². The first-order valence-electron chi connectivity index (χ1n) is 5.41. The second-order valence-corrected chi connectivity index (χ2v) is 6.24. The van der Waals surface area contributed by atoms with Gasteiger partial charge in [0.2, 0.25) is 0 Å². The molecule has 0 aliphatic carbocycles. The monoisotopic (exact) mass is 266 g/mol. The summed E-state index contributed by atoms with van der Waals surface area (Å²) >= 11 is 7.34. The number of nitrogen functional groups attached to an aromatic ring is 1. The molecule has 2 nitrogen and oxygen atoms in total. The van der Waals surface area contributed by atoms with Crippen molar-refractivity contribution in [2.24, 2.45) is 0 Å². The maximum absolute atomic E-state index is 6.17. The Bertz CT molecular complexity index is 523. The Morgan fingerprint density at radius 2 is 1.76 bits per heavy atom. The van der Waals surface area contributed by atoms with Crippen molar-refractivity contribution in [2.45, 2.75) is 26.2 Å². The zero-order valence-electron chi connectivity index (χ0n) is 10.1. The molecule has 0 fully saturated rings. The van der Waals surface area contributed by atoms with Crippen LogP contribution in [0.3, 0.4) is 0 Å². The molecule has 0 atom stereocenters. The van der Waals surface area contributed by atoms with Gasteiger partial charge in [-0.25, -0.2) is 0 Å². The van der Waals surface area contributed by atoms with Crippen molar-refractivity contribution in [1.82, 2.24) is 4.37 Å². The maximum atomic E-state index is 6.17. The first kappa shape index (κ1) is 12.4. The van der Waals surface area contributed by atoms with Gasteiger partial charge in [-0.15, -0.1) is 0 Å². The van der Waals surface area contributed by atoms with Gasteiger partial charge in [0, 0.05) is 10.6 Å². The topological polar surface area (TPSA) is 38.9 Å². The Morgan fingerprint density at radius 1 is 1.18 bits per heavy atom. The molecule has 0 bridgehead atoms. The van der Waals surface area contributed by atoms with E-state index in [4.69, 9.17) is 17.3 Å². The lowest BCUT2D eigenvalue weighted by Crippen LogP contribution is -2.11. The van der Waals surface area contributed by atoms with Crippen LogP contribution in [0, 0.1) is 0 Å². The lowest BCUT2D eigenvalue weighted by atomic mass is 9.92. The van der Waals surface area contributed by atoms with Crippen LogP contribution < -0.4 is 5.73 Å². The normalized spacial score (nSPS) is 11.8. The predicted molar refractivity (Wildman–Crippen MR) is 75.7 cm³/mol. The van der Waals surface area contributed by atoms with Gasteiger partial charge in [-0.2, -0.15) is 4.37 Å². The molecule has 0 saturated heterocycles. The maximum Gasteiger partial charge on any atom is 0.107 e. The highest BCUT2D eigenvalue weighted by molar-refractivity contribution is 7.06. The van der Waals surface area contributed by atoms with Gasteiger partial charge >= 0.3 is 0 Å². The van der Waals surface area contributed by atoms with E-state index >= 15 is 0 Å². The van der Waals surface area contributed by atoms with Crippen LogP contribution in [0.5, 0.6) is 0 Å². The van der Waals surface area contributed by atoms with E-state index in [2.05, 4.69) is 25.1 Å². The SMILES string of the molecule is CC(C)(C)c1snc(-c2ccc(Cl)cc2)c1N. The zero-order valence-corrected chi connectivity index (χ0v) is 11.7. The van der Waals surface area contributed by atoms with Gasteiger partial charge < -0.3 is 5.73 Å². The summed E-state index contributed by atoms with van der Waals surface area (Å²) in [6.45, 7) is 6.42. The van der Waals surface area contributed by atoms with E-state index in [0.29, 0.717) is 0 Å². The van der Waals surface area contributed by atoms with Crippen LogP contribution in [-0.2, 0) is 5.41 Å². The molecule has 0 aliphatic heterocycles. The molecule has 0 spiro atoms. The molecule has 4 heteroatoms. The minimum absolute atomic E-state index is 0.0342. The quantitative estimate of drug-likeness (QED) is 0.834. The van der Waals surface area contributed by atoms with Crippen LogP contribution in [0.2, 0.25) is 5.02 Å². The number of hydrogen-bond donors (Lipinski definition) is 1. The highest BCUT2D eigenvalue weighted by atomic mass is 35.5. The van der Waals surface area contributed by atoms with E-state index < -0.39 is 0 Å². The van der Waals surface area contributed by atoms with Crippen molar-refractivity contribution in [3.05, 3.63) is 34.2 Å². The Kier molecular flexibility index (Phi) is 3.15. The second-order valence-electron chi connectivity index (χ2n) is 5.03. The number of aromatic nitrogens is 1. The van der Waals surface area contributed by atoms with Crippen LogP contribution >= 0.6 is 23.1 Å². The molecule has 1 heterocycles. The third kappa shape index (κ3) is 2.45. The minimum Gasteiger partial charge on any atom is -0.396 e. The number of rotatable bonds is 1. The first-order chi connectivity index (χ1) is 7.89. The average Bonchev–Trinajstić information content (AvgIpc) is 2.61. The van der Waals surface area contributed by atoms with Crippen LogP contribution in [0.25, 0.3) is 11.3 Å². The number of anilines is 1. The molecular weight excluding hydrogens is 252 g/mol. The Labute approximate surface area is 111 Å². The summed E-state index contributed by atoms with van der Waals surface area (Å²) in [6.07, 6.45) is 0. The van der Waals surface area contributed by atoms with Crippen molar-refractivity contribution in [2.75, 3.05) is 5.73 Å². The Balaban J connectivity index is 2.48. The van der Waals surface area contributed by atoms with Crippen molar-refractivity contribution in [3.63, 3.8) is 0 Å². The third-order valence-corrected chi connectivity index (χ3v) is 4.07. The molecule has 0 saturated carbocycles. The molecule has 1 aromatic carbocycles. The highest BCUT2D eigenvalue weighted by Crippen LogP contribution is 2.38. The summed E-state index contributed by atoms with van der Waals surface area (Å²) in [7, 11) is 0. The predicted octanol–water partition coefficient (Wildman–Crippen LogP) is 4.34. The molecule has 2 rings (SSSR count). The van der Waals surface area contributed by atoms with Gasteiger partial charge in [0.1, 0.15) is 5.69 Å². The second kappa shape index (κ2) is 4.31. The van der Waals surface area contributed by atoms with Gasteiger partial charge in [-0.05, 0) is 29.1 Å². The molecule has 0 unspecified atom stereocenters. The van der Waals surface area contributed by atoms with Crippen molar-refractivity contribution >= 4 is 28.8 Å². The van der Waals surface area contributed by atoms with E-state index in [1.807, 2.05) is 24.3 Å². The van der Waals surface area contributed by atoms with Gasteiger partial charge in [0.25, 0.3) is 0 Å². The van der Waals surface area contributed by atoms with E-state index in [0.717, 1.165) is 26.8 Å². The summed E-state index contributed by atoms with van der Waals surface area (Å²) in [6, 6.07) is 7.60. The van der Waals surface area contributed by atoms with Gasteiger partial charge in [-0.1, -0.05) is 44.5 Å². The number of benzene rings is 1. The molecule has 0 radical (unpaired) electrons. The van der Waals surface area contributed by atoms with E-state index in [1.54, 1.807) is 0 Å². The lowest BCUT2D eigenvalue weighted by Gasteiger charge is -2.16. The first-order valence-corrected chi connectivity index (χ1v) is 6.56. The largest absolute Gasteiger partial charge is 0.396 e. The third-order valence-electron chi connectivity index (χ3n) is 2.53. The van der Waals surface area contributed by atoms with E-state index in [1.165, 1.54) is 11.5 Å². The summed E-state index contributed by atoms with van der Waals surface area (Å²) in [5.74, 6) is 0. The zero-order chi connectivity index (χ0) is 12.6. The molecule has 1 aromatic heterocycles. The van der Waals surface area contributed by atoms with Crippen molar-refractivity contribution in [3.8, 4) is 11.3 Å². The van der Waals surface area contributed by atoms with E-state index in [-0.39, 0.29) is 5.41 Å².